The van der Waals surface area contributed by atoms with E-state index in [1.54, 1.807) is 30.1 Å². The summed E-state index contributed by atoms with van der Waals surface area (Å²) in [5.74, 6) is 0.429. The van der Waals surface area contributed by atoms with Gasteiger partial charge in [0.1, 0.15) is 0 Å². The molecule has 7 nitrogen and oxygen atoms in total. The third-order valence-electron chi connectivity index (χ3n) is 3.12. The van der Waals surface area contributed by atoms with Gasteiger partial charge in [-0.15, -0.1) is 0 Å². The van der Waals surface area contributed by atoms with E-state index in [-0.39, 0.29) is 11.8 Å². The van der Waals surface area contributed by atoms with Crippen LogP contribution in [0.2, 0.25) is 0 Å². The second kappa shape index (κ2) is 5.01. The van der Waals surface area contributed by atoms with Crippen molar-refractivity contribution in [2.45, 2.75) is 19.8 Å². The summed E-state index contributed by atoms with van der Waals surface area (Å²) in [7, 11) is 1.79. The molecule has 0 fully saturated rings. The molecule has 0 unspecified atom stereocenters. The third kappa shape index (κ3) is 2.49. The monoisotopic (exact) mass is 285 g/mol. The number of nitrogens with zero attached hydrogens (tertiary/aromatic N) is 4. The van der Waals surface area contributed by atoms with Crippen LogP contribution in [-0.4, -0.2) is 25.8 Å². The van der Waals surface area contributed by atoms with Crippen molar-refractivity contribution in [3.63, 3.8) is 0 Å². The minimum Gasteiger partial charge on any atom is -0.336 e. The van der Waals surface area contributed by atoms with Crippen molar-refractivity contribution in [3.8, 4) is 0 Å². The first kappa shape index (κ1) is 13.3. The highest BCUT2D eigenvalue weighted by molar-refractivity contribution is 6.05. The van der Waals surface area contributed by atoms with Crippen LogP contribution in [0, 0.1) is 0 Å². The van der Waals surface area contributed by atoms with E-state index >= 15 is 0 Å². The van der Waals surface area contributed by atoms with Crippen molar-refractivity contribution in [2.24, 2.45) is 7.05 Å². The molecule has 0 atom stereocenters. The van der Waals surface area contributed by atoms with Gasteiger partial charge in [0, 0.05) is 25.5 Å². The lowest BCUT2D eigenvalue weighted by Gasteiger charge is -2.02. The number of fused-ring (bicyclic) bond motifs is 1. The fraction of sp³-hybridized carbons (Fsp3) is 0.286. The van der Waals surface area contributed by atoms with E-state index in [0.29, 0.717) is 17.1 Å². The van der Waals surface area contributed by atoms with Crippen LogP contribution in [-0.2, 0) is 7.05 Å². The van der Waals surface area contributed by atoms with Gasteiger partial charge in [0.2, 0.25) is 0 Å². The highest BCUT2D eigenvalue weighted by Gasteiger charge is 2.16. The summed E-state index contributed by atoms with van der Waals surface area (Å²) in [6.07, 6.45) is 3.23. The van der Waals surface area contributed by atoms with Crippen LogP contribution >= 0.6 is 0 Å². The number of hydrogen-bond donors (Lipinski definition) is 1. The zero-order valence-electron chi connectivity index (χ0n) is 12.0. The van der Waals surface area contributed by atoms with Gasteiger partial charge in [-0.05, 0) is 12.0 Å². The average molecular weight is 285 g/mol. The highest BCUT2D eigenvalue weighted by atomic mass is 16.5. The molecule has 7 heteroatoms. The maximum atomic E-state index is 12.2. The van der Waals surface area contributed by atoms with Crippen LogP contribution < -0.4 is 5.32 Å². The van der Waals surface area contributed by atoms with Crippen LogP contribution in [0.3, 0.4) is 0 Å². The molecule has 108 valence electrons. The molecule has 0 aliphatic heterocycles. The van der Waals surface area contributed by atoms with Crippen molar-refractivity contribution >= 4 is 22.8 Å². The summed E-state index contributed by atoms with van der Waals surface area (Å²) in [4.78, 5) is 16.4. The van der Waals surface area contributed by atoms with Crippen LogP contribution in [0.1, 0.15) is 35.8 Å². The number of carbonyl (C=O) groups is 1. The average Bonchev–Trinajstić information content (AvgIpc) is 3.04. The normalized spacial score (nSPS) is 11.2. The molecule has 0 bridgehead atoms. The van der Waals surface area contributed by atoms with Crippen LogP contribution in [0.4, 0.5) is 5.82 Å². The van der Waals surface area contributed by atoms with Gasteiger partial charge in [0.15, 0.2) is 5.82 Å². The predicted molar refractivity (Wildman–Crippen MR) is 77.1 cm³/mol. The lowest BCUT2D eigenvalue weighted by Crippen LogP contribution is -2.12. The first-order valence-corrected chi connectivity index (χ1v) is 6.61. The molecule has 0 spiro atoms. The Morgan fingerprint density at radius 2 is 2.24 bits per heavy atom. The minimum absolute atomic E-state index is 0.196. The molecule has 0 saturated heterocycles. The molecule has 3 heterocycles. The Labute approximate surface area is 120 Å². The van der Waals surface area contributed by atoms with E-state index < -0.39 is 0 Å². The summed E-state index contributed by atoms with van der Waals surface area (Å²) < 4.78 is 6.78. The molecular formula is C14H15N5O2. The molecular weight excluding hydrogens is 270 g/mol. The highest BCUT2D eigenvalue weighted by Crippen LogP contribution is 2.24. The van der Waals surface area contributed by atoms with E-state index in [1.807, 2.05) is 13.8 Å². The summed E-state index contributed by atoms with van der Waals surface area (Å²) in [5, 5.41) is 11.6. The van der Waals surface area contributed by atoms with Gasteiger partial charge in [-0.2, -0.15) is 5.10 Å². The van der Waals surface area contributed by atoms with Crippen LogP contribution in [0.25, 0.3) is 11.1 Å². The maximum absolute atomic E-state index is 12.2. The molecule has 1 N–H and O–H groups in total. The first-order valence-electron chi connectivity index (χ1n) is 6.61. The fourth-order valence-corrected chi connectivity index (χ4v) is 2.06. The molecule has 21 heavy (non-hydrogen) atoms. The van der Waals surface area contributed by atoms with E-state index in [0.717, 1.165) is 11.1 Å². The molecule has 0 radical (unpaired) electrons. The number of nitrogens with one attached hydrogen (secondary N) is 1. The van der Waals surface area contributed by atoms with Gasteiger partial charge in [-0.25, -0.2) is 4.98 Å². The molecule has 0 aromatic carbocycles. The Balaban J connectivity index is 1.92. The minimum atomic E-state index is -0.265. The second-order valence-corrected chi connectivity index (χ2v) is 5.13. The third-order valence-corrected chi connectivity index (χ3v) is 3.12. The fourth-order valence-electron chi connectivity index (χ4n) is 2.06. The lowest BCUT2D eigenvalue weighted by atomic mass is 10.1. The van der Waals surface area contributed by atoms with Crippen LogP contribution in [0.5, 0.6) is 0 Å². The van der Waals surface area contributed by atoms with E-state index in [4.69, 9.17) is 4.52 Å². The van der Waals surface area contributed by atoms with Crippen molar-refractivity contribution in [1.82, 2.24) is 19.9 Å². The summed E-state index contributed by atoms with van der Waals surface area (Å²) in [6, 6.07) is 3.47. The van der Waals surface area contributed by atoms with Gasteiger partial charge in [-0.3, -0.25) is 9.48 Å². The summed E-state index contributed by atoms with van der Waals surface area (Å²) in [5.41, 5.74) is 1.68. The van der Waals surface area contributed by atoms with Gasteiger partial charge in [0.25, 0.3) is 11.6 Å². The number of hydrogen-bond acceptors (Lipinski definition) is 5. The van der Waals surface area contributed by atoms with Crippen molar-refractivity contribution in [3.05, 3.63) is 35.8 Å². The Bertz CT molecular complexity index is 803. The lowest BCUT2D eigenvalue weighted by molar-refractivity contribution is 0.102. The Kier molecular flexibility index (Phi) is 3.17. The number of pyridine rings is 1. The van der Waals surface area contributed by atoms with E-state index in [9.17, 15) is 4.79 Å². The van der Waals surface area contributed by atoms with Gasteiger partial charge in [-0.1, -0.05) is 19.0 Å². The number of anilines is 1. The number of aromatic nitrogens is 4. The summed E-state index contributed by atoms with van der Waals surface area (Å²) >= 11 is 0. The molecule has 1 amide bonds. The second-order valence-electron chi connectivity index (χ2n) is 5.13. The Morgan fingerprint density at radius 1 is 1.43 bits per heavy atom. The molecule has 3 aromatic rings. The number of aryl methyl sites for hydroxylation is 1. The van der Waals surface area contributed by atoms with Crippen molar-refractivity contribution in [1.29, 1.82) is 0 Å². The molecule has 3 aromatic heterocycles. The van der Waals surface area contributed by atoms with Gasteiger partial charge >= 0.3 is 0 Å². The molecule has 0 aliphatic rings. The quantitative estimate of drug-likeness (QED) is 0.798. The smallest absolute Gasteiger partial charge is 0.258 e. The zero-order chi connectivity index (χ0) is 15.0. The number of amides is 1. The zero-order valence-corrected chi connectivity index (χ0v) is 12.0. The van der Waals surface area contributed by atoms with Crippen molar-refractivity contribution < 1.29 is 9.32 Å². The molecule has 3 rings (SSSR count). The maximum Gasteiger partial charge on any atom is 0.258 e. The summed E-state index contributed by atoms with van der Waals surface area (Å²) in [6.45, 7) is 4.02. The SMILES string of the molecule is CC(C)c1noc2ncc(C(=O)Nc3ccn(C)n3)cc12. The van der Waals surface area contributed by atoms with Gasteiger partial charge in [0.05, 0.1) is 16.6 Å². The molecule has 0 aliphatic carbocycles. The first-order chi connectivity index (χ1) is 10.0. The molecule has 0 saturated carbocycles. The Hall–Kier alpha value is -2.70. The van der Waals surface area contributed by atoms with Crippen molar-refractivity contribution in [2.75, 3.05) is 5.32 Å². The van der Waals surface area contributed by atoms with Gasteiger partial charge < -0.3 is 9.84 Å². The predicted octanol–water partition coefficient (Wildman–Crippen LogP) is 2.33. The number of carbonyl (C=O) groups excluding carboxylic acids is 1. The standard InChI is InChI=1S/C14H15N5O2/c1-8(2)12-10-6-9(7-15-14(10)21-18-12)13(20)16-11-4-5-19(3)17-11/h4-8H,1-3H3,(H,16,17,20). The topological polar surface area (TPSA) is 85.8 Å². The van der Waals surface area contributed by atoms with E-state index in [1.165, 1.54) is 6.20 Å². The van der Waals surface area contributed by atoms with E-state index in [2.05, 4.69) is 20.6 Å². The van der Waals surface area contributed by atoms with Crippen LogP contribution in [0.15, 0.2) is 29.0 Å². The number of rotatable bonds is 3. The largest absolute Gasteiger partial charge is 0.336 e. The Morgan fingerprint density at radius 3 is 2.90 bits per heavy atom.